The van der Waals surface area contributed by atoms with Crippen LogP contribution in [-0.2, 0) is 18.3 Å². The van der Waals surface area contributed by atoms with Crippen molar-refractivity contribution >= 4 is 56.3 Å². The number of nitrogens with one attached hydrogen (secondary N) is 1. The van der Waals surface area contributed by atoms with Gasteiger partial charge < -0.3 is 9.88 Å². The van der Waals surface area contributed by atoms with Crippen molar-refractivity contribution in [2.24, 2.45) is 7.05 Å². The summed E-state index contributed by atoms with van der Waals surface area (Å²) in [6, 6.07) is 10.7. The lowest BCUT2D eigenvalue weighted by Crippen LogP contribution is -2.12. The summed E-state index contributed by atoms with van der Waals surface area (Å²) in [5.41, 5.74) is 2.42. The fraction of sp³-hybridized carbons (Fsp3) is 0.176. The van der Waals surface area contributed by atoms with Gasteiger partial charge in [-0.2, -0.15) is 0 Å². The van der Waals surface area contributed by atoms with Crippen molar-refractivity contribution in [2.75, 3.05) is 5.32 Å². The predicted octanol–water partition coefficient (Wildman–Crippen LogP) is 4.48. The highest BCUT2D eigenvalue weighted by molar-refractivity contribution is 7.16. The summed E-state index contributed by atoms with van der Waals surface area (Å²) in [5, 5.41) is 3.98. The zero-order valence-corrected chi connectivity index (χ0v) is 15.1. The third-order valence-corrected chi connectivity index (χ3v) is 5.29. The molecule has 1 heterocycles. The van der Waals surface area contributed by atoms with E-state index in [0.717, 1.165) is 27.1 Å². The molecular formula is C17H14Cl2N2O2S. The van der Waals surface area contributed by atoms with Gasteiger partial charge in [0.1, 0.15) is 0 Å². The van der Waals surface area contributed by atoms with E-state index in [9.17, 15) is 9.59 Å². The Balaban J connectivity index is 1.67. The summed E-state index contributed by atoms with van der Waals surface area (Å²) in [6.07, 6.45) is 0.840. The third kappa shape index (κ3) is 3.64. The quantitative estimate of drug-likeness (QED) is 0.725. The van der Waals surface area contributed by atoms with E-state index in [0.29, 0.717) is 28.6 Å². The average Bonchev–Trinajstić information content (AvgIpc) is 2.81. The van der Waals surface area contributed by atoms with E-state index >= 15 is 0 Å². The maximum absolute atomic E-state index is 12.1. The molecule has 124 valence electrons. The number of aromatic nitrogens is 1. The number of anilines is 1. The minimum Gasteiger partial charge on any atom is -0.326 e. The van der Waals surface area contributed by atoms with Gasteiger partial charge in [-0.15, -0.1) is 0 Å². The zero-order chi connectivity index (χ0) is 17.3. The Bertz CT molecular complexity index is 978. The number of carbonyl (C=O) groups is 1. The second kappa shape index (κ2) is 6.97. The Morgan fingerprint density at radius 3 is 2.75 bits per heavy atom. The van der Waals surface area contributed by atoms with Crippen LogP contribution in [0, 0.1) is 0 Å². The highest BCUT2D eigenvalue weighted by Gasteiger charge is 2.09. The van der Waals surface area contributed by atoms with Gasteiger partial charge in [-0.3, -0.25) is 9.59 Å². The topological polar surface area (TPSA) is 51.1 Å². The number of hydrogen-bond acceptors (Lipinski definition) is 3. The predicted molar refractivity (Wildman–Crippen MR) is 100 cm³/mol. The van der Waals surface area contributed by atoms with Crippen LogP contribution in [0.1, 0.15) is 12.0 Å². The number of aryl methyl sites for hydroxylation is 2. The number of hydrogen-bond donors (Lipinski definition) is 1. The number of nitrogens with zero attached hydrogens (tertiary/aromatic N) is 1. The number of thiazole rings is 1. The molecule has 0 saturated heterocycles. The first kappa shape index (κ1) is 17.0. The number of benzene rings is 2. The Morgan fingerprint density at radius 2 is 2.00 bits per heavy atom. The molecule has 0 radical (unpaired) electrons. The molecule has 2 aromatic carbocycles. The zero-order valence-electron chi connectivity index (χ0n) is 12.8. The molecule has 1 aromatic heterocycles. The van der Waals surface area contributed by atoms with Gasteiger partial charge in [-0.25, -0.2) is 0 Å². The Labute approximate surface area is 152 Å². The summed E-state index contributed by atoms with van der Waals surface area (Å²) in [4.78, 5) is 23.8. The normalized spacial score (nSPS) is 11.0. The highest BCUT2D eigenvalue weighted by atomic mass is 35.5. The van der Waals surface area contributed by atoms with Crippen LogP contribution in [0.3, 0.4) is 0 Å². The first-order chi connectivity index (χ1) is 11.4. The van der Waals surface area contributed by atoms with Gasteiger partial charge in [0, 0.05) is 29.2 Å². The second-order valence-corrected chi connectivity index (χ2v) is 7.23. The van der Waals surface area contributed by atoms with Crippen LogP contribution in [0.25, 0.3) is 10.2 Å². The molecular weight excluding hydrogens is 367 g/mol. The van der Waals surface area contributed by atoms with Crippen LogP contribution in [0.5, 0.6) is 0 Å². The molecule has 0 spiro atoms. The van der Waals surface area contributed by atoms with Gasteiger partial charge in [0.25, 0.3) is 0 Å². The molecule has 0 bridgehead atoms. The van der Waals surface area contributed by atoms with Crippen LogP contribution in [0.15, 0.2) is 41.2 Å². The first-order valence-corrected chi connectivity index (χ1v) is 8.84. The van der Waals surface area contributed by atoms with Crippen LogP contribution in [0.2, 0.25) is 10.0 Å². The lowest BCUT2D eigenvalue weighted by molar-refractivity contribution is -0.116. The number of fused-ring (bicyclic) bond motifs is 1. The van der Waals surface area contributed by atoms with Gasteiger partial charge in [-0.05, 0) is 42.3 Å². The van der Waals surface area contributed by atoms with Crippen LogP contribution in [0.4, 0.5) is 5.69 Å². The maximum Gasteiger partial charge on any atom is 0.307 e. The average molecular weight is 381 g/mol. The molecule has 1 N–H and O–H groups in total. The van der Waals surface area contributed by atoms with Crippen molar-refractivity contribution < 1.29 is 4.79 Å². The van der Waals surface area contributed by atoms with Gasteiger partial charge in [0.05, 0.1) is 10.2 Å². The molecule has 0 fully saturated rings. The summed E-state index contributed by atoms with van der Waals surface area (Å²) in [6.45, 7) is 0. The molecule has 0 unspecified atom stereocenters. The standard InChI is InChI=1S/C17H14Cl2N2O2S/c1-21-14-6-5-12(9-15(14)24-17(21)23)20-16(22)7-3-10-2-4-11(18)8-13(10)19/h2,4-6,8-9H,3,7H2,1H3,(H,20,22). The minimum atomic E-state index is -0.108. The highest BCUT2D eigenvalue weighted by Crippen LogP contribution is 2.23. The SMILES string of the molecule is Cn1c(=O)sc2cc(NC(=O)CCc3ccc(Cl)cc3Cl)ccc21. The molecule has 0 saturated carbocycles. The summed E-state index contributed by atoms with van der Waals surface area (Å²) in [7, 11) is 1.73. The smallest absolute Gasteiger partial charge is 0.307 e. The Kier molecular flexibility index (Phi) is 4.94. The fourth-order valence-corrected chi connectivity index (χ4v) is 3.83. The van der Waals surface area contributed by atoms with E-state index in [1.54, 1.807) is 29.8 Å². The van der Waals surface area contributed by atoms with Crippen LogP contribution < -0.4 is 10.2 Å². The largest absolute Gasteiger partial charge is 0.326 e. The van der Waals surface area contributed by atoms with Gasteiger partial charge in [-0.1, -0.05) is 40.6 Å². The van der Waals surface area contributed by atoms with Crippen molar-refractivity contribution in [3.05, 3.63) is 61.7 Å². The first-order valence-electron chi connectivity index (χ1n) is 7.27. The van der Waals surface area contributed by atoms with E-state index < -0.39 is 0 Å². The van der Waals surface area contributed by atoms with Crippen LogP contribution >= 0.6 is 34.5 Å². The van der Waals surface area contributed by atoms with Crippen molar-refractivity contribution in [3.8, 4) is 0 Å². The van der Waals surface area contributed by atoms with Crippen molar-refractivity contribution in [2.45, 2.75) is 12.8 Å². The third-order valence-electron chi connectivity index (χ3n) is 3.71. The molecule has 0 aliphatic rings. The number of carbonyl (C=O) groups excluding carboxylic acids is 1. The van der Waals surface area contributed by atoms with E-state index in [2.05, 4.69) is 5.32 Å². The van der Waals surface area contributed by atoms with Crippen molar-refractivity contribution in [1.29, 1.82) is 0 Å². The van der Waals surface area contributed by atoms with E-state index in [4.69, 9.17) is 23.2 Å². The maximum atomic E-state index is 12.1. The van der Waals surface area contributed by atoms with E-state index in [-0.39, 0.29) is 10.8 Å². The van der Waals surface area contributed by atoms with E-state index in [1.807, 2.05) is 18.2 Å². The van der Waals surface area contributed by atoms with Crippen molar-refractivity contribution in [3.63, 3.8) is 0 Å². The minimum absolute atomic E-state index is 0.0224. The molecule has 0 atom stereocenters. The fourth-order valence-electron chi connectivity index (χ4n) is 2.41. The Hall–Kier alpha value is -1.82. The number of amides is 1. The van der Waals surface area contributed by atoms with Gasteiger partial charge in [0.2, 0.25) is 5.91 Å². The Morgan fingerprint density at radius 1 is 1.21 bits per heavy atom. The summed E-state index contributed by atoms with van der Waals surface area (Å²) >= 11 is 13.1. The molecule has 0 aliphatic heterocycles. The second-order valence-electron chi connectivity index (χ2n) is 5.39. The van der Waals surface area contributed by atoms with Gasteiger partial charge >= 0.3 is 4.87 Å². The van der Waals surface area contributed by atoms with Gasteiger partial charge in [0.15, 0.2) is 0 Å². The summed E-state index contributed by atoms with van der Waals surface area (Å²) < 4.78 is 2.44. The summed E-state index contributed by atoms with van der Waals surface area (Å²) in [5.74, 6) is -0.108. The lowest BCUT2D eigenvalue weighted by atomic mass is 10.1. The monoisotopic (exact) mass is 380 g/mol. The van der Waals surface area contributed by atoms with Crippen molar-refractivity contribution in [1.82, 2.24) is 4.57 Å². The number of rotatable bonds is 4. The number of halogens is 2. The molecule has 3 rings (SSSR count). The lowest BCUT2D eigenvalue weighted by Gasteiger charge is -2.07. The van der Waals surface area contributed by atoms with E-state index in [1.165, 1.54) is 0 Å². The molecule has 4 nitrogen and oxygen atoms in total. The molecule has 7 heteroatoms. The molecule has 24 heavy (non-hydrogen) atoms. The van der Waals surface area contributed by atoms with Crippen LogP contribution in [-0.4, -0.2) is 10.5 Å². The molecule has 1 amide bonds. The molecule has 0 aliphatic carbocycles. The molecule has 3 aromatic rings.